The highest BCUT2D eigenvalue weighted by molar-refractivity contribution is 5.30. The predicted octanol–water partition coefficient (Wildman–Crippen LogP) is 2.47. The summed E-state index contributed by atoms with van der Waals surface area (Å²) in [6.07, 6.45) is 2.29. The van der Waals surface area contributed by atoms with Gasteiger partial charge in [-0.25, -0.2) is 0 Å². The number of nitrogens with one attached hydrogen (secondary N) is 1. The first kappa shape index (κ1) is 12.6. The van der Waals surface area contributed by atoms with E-state index in [0.29, 0.717) is 12.0 Å². The Morgan fingerprint density at radius 2 is 2.18 bits per heavy atom. The van der Waals surface area contributed by atoms with E-state index in [1.807, 2.05) is 0 Å². The fourth-order valence-electron chi connectivity index (χ4n) is 2.56. The van der Waals surface area contributed by atoms with Crippen LogP contribution >= 0.6 is 0 Å². The molecule has 1 heterocycles. The largest absolute Gasteiger partial charge is 0.381 e. The van der Waals surface area contributed by atoms with Crippen molar-refractivity contribution in [2.75, 3.05) is 20.3 Å². The van der Waals surface area contributed by atoms with E-state index in [1.54, 1.807) is 0 Å². The molecule has 0 saturated carbocycles. The minimum atomic E-state index is 0.541. The molecule has 1 N–H and O–H groups in total. The third kappa shape index (κ3) is 3.08. The molecule has 2 nitrogen and oxygen atoms in total. The normalized spacial score (nSPS) is 21.7. The van der Waals surface area contributed by atoms with E-state index >= 15 is 0 Å². The number of ether oxygens (including phenoxy) is 1. The molecule has 17 heavy (non-hydrogen) atoms. The van der Waals surface area contributed by atoms with Gasteiger partial charge in [0.05, 0.1) is 6.61 Å². The van der Waals surface area contributed by atoms with Gasteiger partial charge in [-0.2, -0.15) is 0 Å². The molecule has 0 amide bonds. The number of likely N-dealkylation sites (N-methyl/N-ethyl adjacent to an activating group) is 1. The molecule has 0 spiro atoms. The molecule has 2 rings (SSSR count). The summed E-state index contributed by atoms with van der Waals surface area (Å²) in [6, 6.07) is 7.33. The zero-order valence-corrected chi connectivity index (χ0v) is 11.1. The van der Waals surface area contributed by atoms with E-state index in [0.717, 1.165) is 19.6 Å². The Morgan fingerprint density at radius 1 is 1.35 bits per heavy atom. The Bertz CT molecular complexity index is 369. The van der Waals surface area contributed by atoms with Crippen LogP contribution in [0.3, 0.4) is 0 Å². The SMILES string of the molecule is CNC(Cc1ccc(C)c(C)c1)C1CCOC1. The van der Waals surface area contributed by atoms with Crippen molar-refractivity contribution in [2.45, 2.75) is 32.7 Å². The van der Waals surface area contributed by atoms with E-state index in [4.69, 9.17) is 4.74 Å². The molecule has 0 radical (unpaired) electrons. The van der Waals surface area contributed by atoms with Gasteiger partial charge in [-0.3, -0.25) is 0 Å². The van der Waals surface area contributed by atoms with Crippen molar-refractivity contribution in [3.8, 4) is 0 Å². The highest BCUT2D eigenvalue weighted by atomic mass is 16.5. The van der Waals surface area contributed by atoms with E-state index < -0.39 is 0 Å². The van der Waals surface area contributed by atoms with E-state index in [9.17, 15) is 0 Å². The van der Waals surface area contributed by atoms with Crippen LogP contribution in [0.5, 0.6) is 0 Å². The van der Waals surface area contributed by atoms with Crippen molar-refractivity contribution in [3.05, 3.63) is 34.9 Å². The third-order valence-corrected chi connectivity index (χ3v) is 3.93. The highest BCUT2D eigenvalue weighted by Gasteiger charge is 2.24. The van der Waals surface area contributed by atoms with Crippen LogP contribution in [0.4, 0.5) is 0 Å². The summed E-state index contributed by atoms with van der Waals surface area (Å²) in [5.41, 5.74) is 4.19. The van der Waals surface area contributed by atoms with Gasteiger partial charge in [-0.05, 0) is 50.4 Å². The van der Waals surface area contributed by atoms with Crippen LogP contribution in [0, 0.1) is 19.8 Å². The molecule has 2 unspecified atom stereocenters. The number of rotatable bonds is 4. The number of hydrogen-bond donors (Lipinski definition) is 1. The van der Waals surface area contributed by atoms with Crippen molar-refractivity contribution < 1.29 is 4.74 Å². The molecule has 0 bridgehead atoms. The summed E-state index contributed by atoms with van der Waals surface area (Å²) in [7, 11) is 2.06. The molecule has 0 aliphatic carbocycles. The topological polar surface area (TPSA) is 21.3 Å². The molecule has 1 aliphatic rings. The average molecular weight is 233 g/mol. The lowest BCUT2D eigenvalue weighted by atomic mass is 9.92. The molecule has 1 aromatic carbocycles. The average Bonchev–Trinajstić information content (AvgIpc) is 2.84. The van der Waals surface area contributed by atoms with Crippen molar-refractivity contribution >= 4 is 0 Å². The first-order chi connectivity index (χ1) is 8.20. The van der Waals surface area contributed by atoms with Crippen molar-refractivity contribution in [3.63, 3.8) is 0 Å². The molecular formula is C15H23NO. The monoisotopic (exact) mass is 233 g/mol. The van der Waals surface area contributed by atoms with Crippen LogP contribution in [0.15, 0.2) is 18.2 Å². The Hall–Kier alpha value is -0.860. The quantitative estimate of drug-likeness (QED) is 0.862. The second-order valence-electron chi connectivity index (χ2n) is 5.14. The molecule has 1 fully saturated rings. The Balaban J connectivity index is 2.04. The van der Waals surface area contributed by atoms with Crippen LogP contribution in [-0.2, 0) is 11.2 Å². The van der Waals surface area contributed by atoms with Crippen molar-refractivity contribution in [1.82, 2.24) is 5.32 Å². The maximum Gasteiger partial charge on any atom is 0.0510 e. The maximum atomic E-state index is 5.48. The Kier molecular flexibility index (Phi) is 4.19. The summed E-state index contributed by atoms with van der Waals surface area (Å²) in [5.74, 6) is 0.668. The lowest BCUT2D eigenvalue weighted by Crippen LogP contribution is -2.35. The minimum Gasteiger partial charge on any atom is -0.381 e. The predicted molar refractivity (Wildman–Crippen MR) is 71.4 cm³/mol. The van der Waals surface area contributed by atoms with Gasteiger partial charge in [0.15, 0.2) is 0 Å². The van der Waals surface area contributed by atoms with E-state index in [2.05, 4.69) is 44.4 Å². The lowest BCUT2D eigenvalue weighted by Gasteiger charge is -2.22. The highest BCUT2D eigenvalue weighted by Crippen LogP contribution is 2.20. The van der Waals surface area contributed by atoms with E-state index in [1.165, 1.54) is 23.1 Å². The maximum absolute atomic E-state index is 5.48. The van der Waals surface area contributed by atoms with Crippen LogP contribution < -0.4 is 5.32 Å². The van der Waals surface area contributed by atoms with Gasteiger partial charge in [0.25, 0.3) is 0 Å². The molecule has 1 aliphatic heterocycles. The molecule has 1 aromatic rings. The molecule has 1 saturated heterocycles. The Labute approximate surface area is 104 Å². The van der Waals surface area contributed by atoms with Gasteiger partial charge in [0.2, 0.25) is 0 Å². The van der Waals surface area contributed by atoms with Crippen LogP contribution in [0.25, 0.3) is 0 Å². The number of aryl methyl sites for hydroxylation is 2. The molecule has 2 heteroatoms. The van der Waals surface area contributed by atoms with Crippen LogP contribution in [0.2, 0.25) is 0 Å². The minimum absolute atomic E-state index is 0.541. The van der Waals surface area contributed by atoms with Gasteiger partial charge in [0, 0.05) is 18.6 Å². The fourth-order valence-corrected chi connectivity index (χ4v) is 2.56. The van der Waals surface area contributed by atoms with Gasteiger partial charge >= 0.3 is 0 Å². The third-order valence-electron chi connectivity index (χ3n) is 3.93. The summed E-state index contributed by atoms with van der Waals surface area (Å²) in [6.45, 7) is 6.19. The molecule has 2 atom stereocenters. The van der Waals surface area contributed by atoms with E-state index in [-0.39, 0.29) is 0 Å². The standard InChI is InChI=1S/C15H23NO/c1-11-4-5-13(8-12(11)2)9-15(16-3)14-6-7-17-10-14/h4-5,8,14-16H,6-7,9-10H2,1-3H3. The smallest absolute Gasteiger partial charge is 0.0510 e. The molecule has 94 valence electrons. The summed E-state index contributed by atoms with van der Waals surface area (Å²) < 4.78 is 5.48. The zero-order valence-electron chi connectivity index (χ0n) is 11.1. The molecular weight excluding hydrogens is 210 g/mol. The number of benzene rings is 1. The summed E-state index contributed by atoms with van der Waals surface area (Å²) >= 11 is 0. The summed E-state index contributed by atoms with van der Waals surface area (Å²) in [5, 5.41) is 3.45. The van der Waals surface area contributed by atoms with Gasteiger partial charge in [0.1, 0.15) is 0 Å². The Morgan fingerprint density at radius 3 is 2.76 bits per heavy atom. The van der Waals surface area contributed by atoms with Crippen molar-refractivity contribution in [2.24, 2.45) is 5.92 Å². The molecule has 0 aromatic heterocycles. The fraction of sp³-hybridized carbons (Fsp3) is 0.600. The van der Waals surface area contributed by atoms with Crippen LogP contribution in [-0.4, -0.2) is 26.3 Å². The first-order valence-electron chi connectivity index (χ1n) is 6.52. The van der Waals surface area contributed by atoms with Gasteiger partial charge in [-0.15, -0.1) is 0 Å². The van der Waals surface area contributed by atoms with Crippen molar-refractivity contribution in [1.29, 1.82) is 0 Å². The second kappa shape index (κ2) is 5.65. The zero-order chi connectivity index (χ0) is 12.3. The first-order valence-corrected chi connectivity index (χ1v) is 6.52. The second-order valence-corrected chi connectivity index (χ2v) is 5.14. The number of hydrogen-bond acceptors (Lipinski definition) is 2. The van der Waals surface area contributed by atoms with Gasteiger partial charge < -0.3 is 10.1 Å². The summed E-state index contributed by atoms with van der Waals surface area (Å²) in [4.78, 5) is 0. The van der Waals surface area contributed by atoms with Gasteiger partial charge in [-0.1, -0.05) is 18.2 Å². The lowest BCUT2D eigenvalue weighted by molar-refractivity contribution is 0.177. The van der Waals surface area contributed by atoms with Crippen LogP contribution in [0.1, 0.15) is 23.1 Å².